The second kappa shape index (κ2) is 10.9. The van der Waals surface area contributed by atoms with Gasteiger partial charge in [-0.2, -0.15) is 4.98 Å². The molecule has 36 heavy (non-hydrogen) atoms. The molecule has 11 heteroatoms. The van der Waals surface area contributed by atoms with E-state index in [0.717, 1.165) is 10.7 Å². The lowest BCUT2D eigenvalue weighted by Crippen LogP contribution is -2.37. The van der Waals surface area contributed by atoms with Crippen LogP contribution in [0.25, 0.3) is 22.2 Å². The van der Waals surface area contributed by atoms with Gasteiger partial charge in [0.1, 0.15) is 6.54 Å². The number of hydrogen-bond acceptors (Lipinski definition) is 7. The summed E-state index contributed by atoms with van der Waals surface area (Å²) in [6.45, 7) is 3.30. The van der Waals surface area contributed by atoms with Crippen LogP contribution < -0.4 is 4.31 Å². The molecule has 0 fully saturated rings. The molecule has 4 aromatic rings. The van der Waals surface area contributed by atoms with E-state index < -0.39 is 22.5 Å². The van der Waals surface area contributed by atoms with Crippen LogP contribution in [0.5, 0.6) is 0 Å². The van der Waals surface area contributed by atoms with E-state index in [0.29, 0.717) is 34.5 Å². The van der Waals surface area contributed by atoms with Crippen LogP contribution in [0, 0.1) is 6.92 Å². The number of aryl methyl sites for hydroxylation is 1. The molecule has 1 heterocycles. The van der Waals surface area contributed by atoms with Gasteiger partial charge < -0.3 is 9.26 Å². The van der Waals surface area contributed by atoms with Crippen molar-refractivity contribution in [2.24, 2.45) is 0 Å². The minimum absolute atomic E-state index is 0.150. The van der Waals surface area contributed by atoms with Crippen LogP contribution >= 0.6 is 23.2 Å². The van der Waals surface area contributed by atoms with Gasteiger partial charge in [0.15, 0.2) is 0 Å². The largest absolute Gasteiger partial charge is 0.464 e. The minimum Gasteiger partial charge on any atom is -0.464 e. The fourth-order valence-corrected chi connectivity index (χ4v) is 5.87. The van der Waals surface area contributed by atoms with Crippen LogP contribution in [-0.2, 0) is 19.6 Å². The molecule has 0 aliphatic rings. The Morgan fingerprint density at radius 3 is 2.42 bits per heavy atom. The molecular weight excluding hydrogens is 525 g/mol. The number of benzene rings is 3. The van der Waals surface area contributed by atoms with Crippen molar-refractivity contribution in [2.45, 2.75) is 31.6 Å². The molecule has 0 atom stereocenters. The summed E-state index contributed by atoms with van der Waals surface area (Å²) in [5.41, 5.74) is 0.929. The summed E-state index contributed by atoms with van der Waals surface area (Å²) in [6.07, 6.45) is 1.50. The first-order valence-corrected chi connectivity index (χ1v) is 13.4. The topological polar surface area (TPSA) is 103 Å². The molecule has 188 valence electrons. The Kier molecular flexibility index (Phi) is 7.82. The van der Waals surface area contributed by atoms with Crippen LogP contribution in [0.3, 0.4) is 0 Å². The van der Waals surface area contributed by atoms with Gasteiger partial charge in [-0.25, -0.2) is 8.42 Å². The zero-order valence-corrected chi connectivity index (χ0v) is 21.9. The monoisotopic (exact) mass is 547 g/mol. The predicted octanol–water partition coefficient (Wildman–Crippen LogP) is 6.04. The maximum Gasteiger partial charge on any atom is 0.326 e. The molecule has 1 aromatic heterocycles. The number of aromatic nitrogens is 2. The maximum atomic E-state index is 13.9. The van der Waals surface area contributed by atoms with E-state index in [2.05, 4.69) is 10.1 Å². The maximum absolute atomic E-state index is 13.9. The standard InChI is InChI=1S/C25H23Cl2N3O5S/c1-3-4-11-34-24(31)15-30(36(32,33)19-13-17(26)12-18(27)14-19)23-10-6-7-20-21(23)8-5-9-22(20)25-28-16(2)35-29-25/h5-10,12-14H,3-4,11,15H2,1-2H3. The van der Waals surface area contributed by atoms with Gasteiger partial charge in [0.25, 0.3) is 10.0 Å². The third-order valence-electron chi connectivity index (χ3n) is 5.39. The number of rotatable bonds is 9. The number of carbonyl (C=O) groups is 1. The number of esters is 1. The van der Waals surface area contributed by atoms with Crippen molar-refractivity contribution < 1.29 is 22.5 Å². The molecular formula is C25H23Cl2N3O5S. The quantitative estimate of drug-likeness (QED) is 0.186. The fraction of sp³-hybridized carbons (Fsp3) is 0.240. The Balaban J connectivity index is 1.87. The Morgan fingerprint density at radius 1 is 1.06 bits per heavy atom. The number of hydrogen-bond donors (Lipinski definition) is 0. The van der Waals surface area contributed by atoms with Gasteiger partial charge >= 0.3 is 5.97 Å². The van der Waals surface area contributed by atoms with Crippen LogP contribution in [0.4, 0.5) is 5.69 Å². The second-order valence-electron chi connectivity index (χ2n) is 8.01. The molecule has 0 aliphatic carbocycles. The lowest BCUT2D eigenvalue weighted by Gasteiger charge is -2.25. The van der Waals surface area contributed by atoms with Crippen molar-refractivity contribution >= 4 is 55.7 Å². The first kappa shape index (κ1) is 25.9. The van der Waals surface area contributed by atoms with Crippen LogP contribution in [0.2, 0.25) is 10.0 Å². The molecule has 8 nitrogen and oxygen atoms in total. The molecule has 0 N–H and O–H groups in total. The first-order chi connectivity index (χ1) is 17.2. The van der Waals surface area contributed by atoms with E-state index in [9.17, 15) is 13.2 Å². The third kappa shape index (κ3) is 5.48. The van der Waals surface area contributed by atoms with E-state index in [1.165, 1.54) is 18.2 Å². The number of unbranched alkanes of at least 4 members (excludes halogenated alkanes) is 1. The van der Waals surface area contributed by atoms with Gasteiger partial charge in [0, 0.05) is 27.9 Å². The summed E-state index contributed by atoms with van der Waals surface area (Å²) in [6, 6.07) is 14.5. The lowest BCUT2D eigenvalue weighted by atomic mass is 10.0. The highest BCUT2D eigenvalue weighted by molar-refractivity contribution is 7.93. The van der Waals surface area contributed by atoms with Gasteiger partial charge in [-0.1, -0.05) is 72.0 Å². The van der Waals surface area contributed by atoms with Gasteiger partial charge in [-0.3, -0.25) is 9.10 Å². The zero-order chi connectivity index (χ0) is 25.9. The number of ether oxygens (including phenoxy) is 1. The average Bonchev–Trinajstić information content (AvgIpc) is 3.27. The highest BCUT2D eigenvalue weighted by Gasteiger charge is 2.30. The van der Waals surface area contributed by atoms with Crippen molar-refractivity contribution in [1.29, 1.82) is 0 Å². The molecule has 0 saturated heterocycles. The van der Waals surface area contributed by atoms with Gasteiger partial charge in [-0.05, 0) is 36.1 Å². The molecule has 0 spiro atoms. The summed E-state index contributed by atoms with van der Waals surface area (Å²) in [4.78, 5) is 16.9. The van der Waals surface area contributed by atoms with Crippen LogP contribution in [-0.4, -0.2) is 37.7 Å². The van der Waals surface area contributed by atoms with E-state index >= 15 is 0 Å². The van der Waals surface area contributed by atoms with E-state index in [1.54, 1.807) is 31.2 Å². The molecule has 0 aliphatic heterocycles. The molecule has 0 bridgehead atoms. The van der Waals surface area contributed by atoms with Crippen molar-refractivity contribution in [3.05, 3.63) is 70.5 Å². The Hall–Kier alpha value is -3.14. The number of sulfonamides is 1. The predicted molar refractivity (Wildman–Crippen MR) is 139 cm³/mol. The number of nitrogens with zero attached hydrogens (tertiary/aromatic N) is 3. The zero-order valence-electron chi connectivity index (χ0n) is 19.6. The summed E-state index contributed by atoms with van der Waals surface area (Å²) < 4.78 is 39.2. The molecule has 0 unspecified atom stereocenters. The fourth-order valence-electron chi connectivity index (χ4n) is 3.71. The lowest BCUT2D eigenvalue weighted by molar-refractivity contribution is -0.141. The number of anilines is 1. The molecule has 0 saturated carbocycles. The summed E-state index contributed by atoms with van der Waals surface area (Å²) in [5, 5.41) is 5.54. The first-order valence-electron chi connectivity index (χ1n) is 11.2. The van der Waals surface area contributed by atoms with Crippen molar-refractivity contribution in [3.8, 4) is 11.4 Å². The van der Waals surface area contributed by atoms with Crippen LogP contribution in [0.15, 0.2) is 64.0 Å². The van der Waals surface area contributed by atoms with Crippen molar-refractivity contribution in [2.75, 3.05) is 17.5 Å². The van der Waals surface area contributed by atoms with Crippen molar-refractivity contribution in [1.82, 2.24) is 10.1 Å². The number of carbonyl (C=O) groups excluding carboxylic acids is 1. The highest BCUT2D eigenvalue weighted by atomic mass is 35.5. The smallest absolute Gasteiger partial charge is 0.326 e. The number of fused-ring (bicyclic) bond motifs is 1. The SMILES string of the molecule is CCCCOC(=O)CN(c1cccc2c(-c3noc(C)n3)cccc12)S(=O)(=O)c1cc(Cl)cc(Cl)c1. The van der Waals surface area contributed by atoms with Gasteiger partial charge in [0.2, 0.25) is 11.7 Å². The molecule has 3 aromatic carbocycles. The Labute approximate surface area is 218 Å². The number of halogens is 2. The van der Waals surface area contributed by atoms with E-state index in [1.807, 2.05) is 19.1 Å². The third-order valence-corrected chi connectivity index (χ3v) is 7.57. The Morgan fingerprint density at radius 2 is 1.75 bits per heavy atom. The van der Waals surface area contributed by atoms with Gasteiger partial charge in [-0.15, -0.1) is 0 Å². The average molecular weight is 548 g/mol. The molecule has 0 radical (unpaired) electrons. The second-order valence-corrected chi connectivity index (χ2v) is 10.7. The highest BCUT2D eigenvalue weighted by Crippen LogP contribution is 2.36. The normalized spacial score (nSPS) is 11.6. The molecule has 4 rings (SSSR count). The van der Waals surface area contributed by atoms with Crippen LogP contribution in [0.1, 0.15) is 25.7 Å². The summed E-state index contributed by atoms with van der Waals surface area (Å²) >= 11 is 12.2. The van der Waals surface area contributed by atoms with Crippen molar-refractivity contribution in [3.63, 3.8) is 0 Å². The van der Waals surface area contributed by atoms with Gasteiger partial charge in [0.05, 0.1) is 17.2 Å². The van der Waals surface area contributed by atoms with E-state index in [4.69, 9.17) is 32.5 Å². The van der Waals surface area contributed by atoms with E-state index in [-0.39, 0.29) is 27.2 Å². The Bertz CT molecular complexity index is 1500. The minimum atomic E-state index is -4.28. The summed E-state index contributed by atoms with van der Waals surface area (Å²) in [5.74, 6) is 0.0855. The summed E-state index contributed by atoms with van der Waals surface area (Å²) in [7, 11) is -4.28. The molecule has 0 amide bonds.